The van der Waals surface area contributed by atoms with E-state index in [1.54, 1.807) is 7.11 Å². The zero-order valence-electron chi connectivity index (χ0n) is 24.4. The molecular weight excluding hydrogens is 512 g/mol. The summed E-state index contributed by atoms with van der Waals surface area (Å²) < 4.78 is 7.23. The molecule has 1 saturated heterocycles. The van der Waals surface area contributed by atoms with Crippen molar-refractivity contribution in [3.8, 4) is 0 Å². The van der Waals surface area contributed by atoms with Gasteiger partial charge in [-0.1, -0.05) is 46.8 Å². The number of rotatable bonds is 10. The van der Waals surface area contributed by atoms with Crippen molar-refractivity contribution >= 4 is 23.0 Å². The Bertz CT molecular complexity index is 1280. The van der Waals surface area contributed by atoms with Crippen LogP contribution in [0, 0.1) is 11.3 Å². The van der Waals surface area contributed by atoms with Crippen molar-refractivity contribution in [3.05, 3.63) is 35.9 Å². The van der Waals surface area contributed by atoms with E-state index in [2.05, 4.69) is 34.5 Å². The lowest BCUT2D eigenvalue weighted by molar-refractivity contribution is -0.0142. The third-order valence-corrected chi connectivity index (χ3v) is 7.57. The first kappa shape index (κ1) is 29.4. The molecule has 218 valence electrons. The molecule has 3 aromatic rings. The highest BCUT2D eigenvalue weighted by Gasteiger charge is 2.49. The van der Waals surface area contributed by atoms with Crippen LogP contribution in [0.25, 0.3) is 11.0 Å². The first-order valence-electron chi connectivity index (χ1n) is 14.0. The molecule has 4 rings (SSSR count). The van der Waals surface area contributed by atoms with Gasteiger partial charge in [-0.25, -0.2) is 14.9 Å². The van der Waals surface area contributed by atoms with E-state index >= 15 is 0 Å². The van der Waals surface area contributed by atoms with Crippen molar-refractivity contribution in [2.45, 2.75) is 78.4 Å². The minimum Gasteiger partial charge on any atom is -0.465 e. The van der Waals surface area contributed by atoms with E-state index in [1.807, 2.05) is 54.5 Å². The topological polar surface area (TPSA) is 142 Å². The van der Waals surface area contributed by atoms with Crippen LogP contribution in [0.5, 0.6) is 0 Å². The number of unbranched alkanes of at least 4 members (excludes halogenated alkanes) is 1. The molecule has 1 unspecified atom stereocenters. The summed E-state index contributed by atoms with van der Waals surface area (Å²) in [5.74, 6) is 0.556. The van der Waals surface area contributed by atoms with Gasteiger partial charge in [-0.3, -0.25) is 4.79 Å². The summed E-state index contributed by atoms with van der Waals surface area (Å²) in [4.78, 5) is 35.4. The lowest BCUT2D eigenvalue weighted by Crippen LogP contribution is -2.64. The number of likely N-dealkylation sites (tertiary alicyclic amines) is 1. The van der Waals surface area contributed by atoms with Crippen LogP contribution in [0.15, 0.2) is 24.3 Å². The van der Waals surface area contributed by atoms with E-state index in [1.165, 1.54) is 4.90 Å². The van der Waals surface area contributed by atoms with Gasteiger partial charge >= 0.3 is 6.09 Å². The summed E-state index contributed by atoms with van der Waals surface area (Å²) in [6, 6.07) is 6.91. The van der Waals surface area contributed by atoms with Gasteiger partial charge in [0.2, 0.25) is 0 Å². The smallest absolute Gasteiger partial charge is 0.407 e. The number of carbonyl (C=O) groups is 2. The Morgan fingerprint density at radius 1 is 1.23 bits per heavy atom. The zero-order chi connectivity index (χ0) is 29.0. The van der Waals surface area contributed by atoms with Gasteiger partial charge in [-0.2, -0.15) is 0 Å². The number of nitrogens with zero attached hydrogens (tertiary/aromatic N) is 7. The number of H-pyrrole nitrogens is 1. The summed E-state index contributed by atoms with van der Waals surface area (Å²) in [6.07, 6.45) is 1.20. The second-order valence-electron chi connectivity index (χ2n) is 12.2. The molecule has 40 heavy (non-hydrogen) atoms. The van der Waals surface area contributed by atoms with Crippen molar-refractivity contribution in [3.63, 3.8) is 0 Å². The molecular formula is C28H42N8O4. The summed E-state index contributed by atoms with van der Waals surface area (Å²) in [6.45, 7) is 12.2. The van der Waals surface area contributed by atoms with Gasteiger partial charge in [0, 0.05) is 39.3 Å². The largest absolute Gasteiger partial charge is 0.465 e. The number of hydrogen-bond donors (Lipinski definition) is 2. The van der Waals surface area contributed by atoms with Crippen molar-refractivity contribution in [2.24, 2.45) is 11.3 Å². The van der Waals surface area contributed by atoms with Crippen LogP contribution in [0.1, 0.15) is 76.2 Å². The summed E-state index contributed by atoms with van der Waals surface area (Å²) >= 11 is 0. The van der Waals surface area contributed by atoms with E-state index in [0.717, 1.165) is 23.9 Å². The van der Waals surface area contributed by atoms with Crippen LogP contribution >= 0.6 is 0 Å². The van der Waals surface area contributed by atoms with Gasteiger partial charge in [0.25, 0.3) is 5.91 Å². The number of carbonyl (C=O) groups excluding carboxylic acids is 1. The van der Waals surface area contributed by atoms with Crippen molar-refractivity contribution in [1.29, 1.82) is 0 Å². The quantitative estimate of drug-likeness (QED) is 0.358. The molecule has 0 saturated carbocycles. The highest BCUT2D eigenvalue weighted by atomic mass is 16.5. The summed E-state index contributed by atoms with van der Waals surface area (Å²) in [5.41, 5.74) is 1.22. The third kappa shape index (κ3) is 6.27. The lowest BCUT2D eigenvalue weighted by Gasteiger charge is -2.52. The van der Waals surface area contributed by atoms with Gasteiger partial charge in [-0.15, -0.1) is 5.10 Å². The van der Waals surface area contributed by atoms with Crippen LogP contribution < -0.4 is 0 Å². The fourth-order valence-electron chi connectivity index (χ4n) is 6.00. The molecule has 1 fully saturated rings. The van der Waals surface area contributed by atoms with E-state index in [-0.39, 0.29) is 24.3 Å². The molecule has 3 atom stereocenters. The number of methoxy groups -OCH3 is 1. The molecule has 12 nitrogen and oxygen atoms in total. The number of piperidine rings is 1. The molecule has 2 aromatic heterocycles. The van der Waals surface area contributed by atoms with Gasteiger partial charge in [0.05, 0.1) is 23.1 Å². The van der Waals surface area contributed by atoms with Gasteiger partial charge < -0.3 is 24.2 Å². The molecule has 0 spiro atoms. The van der Waals surface area contributed by atoms with E-state index in [9.17, 15) is 14.7 Å². The average molecular weight is 555 g/mol. The molecule has 1 aliphatic rings. The highest BCUT2D eigenvalue weighted by molar-refractivity contribution is 5.95. The fraction of sp³-hybridized carbons (Fsp3) is 0.643. The maximum atomic E-state index is 14.6. The molecule has 12 heteroatoms. The lowest BCUT2D eigenvalue weighted by atomic mass is 9.74. The third-order valence-electron chi connectivity index (χ3n) is 7.57. The number of para-hydroxylation sites is 2. The second kappa shape index (κ2) is 12.3. The Morgan fingerprint density at radius 3 is 2.60 bits per heavy atom. The maximum absolute atomic E-state index is 14.6. The highest BCUT2D eigenvalue weighted by Crippen LogP contribution is 2.40. The van der Waals surface area contributed by atoms with Crippen molar-refractivity contribution in [1.82, 2.24) is 40.0 Å². The van der Waals surface area contributed by atoms with E-state index < -0.39 is 23.6 Å². The monoisotopic (exact) mass is 554 g/mol. The van der Waals surface area contributed by atoms with Crippen LogP contribution in [0.4, 0.5) is 4.79 Å². The number of carboxylic acid groups (broad SMARTS) is 1. The Kier molecular flexibility index (Phi) is 9.07. The number of benzene rings is 1. The van der Waals surface area contributed by atoms with Crippen molar-refractivity contribution < 1.29 is 19.4 Å². The number of nitrogens with one attached hydrogen (secondary N) is 1. The minimum absolute atomic E-state index is 0.148. The number of aromatic amines is 1. The molecule has 1 aromatic carbocycles. The number of fused-ring (bicyclic) bond motifs is 1. The van der Waals surface area contributed by atoms with Crippen LogP contribution in [0.2, 0.25) is 0 Å². The number of amides is 2. The SMILES string of the molecule is COCCCCn1c(C(=O)N(CC(C)C)[C@H]2C[C@@H](c3nnn[nH]3)CN(C(=O)O)C2C(C)(C)C)nc2ccccc21. The maximum Gasteiger partial charge on any atom is 0.407 e. The van der Waals surface area contributed by atoms with Gasteiger partial charge in [0.15, 0.2) is 11.6 Å². The fourth-order valence-corrected chi connectivity index (χ4v) is 6.00. The summed E-state index contributed by atoms with van der Waals surface area (Å²) in [5, 5.41) is 24.7. The molecule has 1 aliphatic heterocycles. The minimum atomic E-state index is -1.02. The predicted molar refractivity (Wildman–Crippen MR) is 150 cm³/mol. The number of imidazole rings is 1. The first-order chi connectivity index (χ1) is 19.0. The number of hydrogen-bond acceptors (Lipinski definition) is 7. The number of aromatic nitrogens is 6. The van der Waals surface area contributed by atoms with Crippen molar-refractivity contribution in [2.75, 3.05) is 26.8 Å². The van der Waals surface area contributed by atoms with Crippen LogP contribution in [0.3, 0.4) is 0 Å². The number of aryl methyl sites for hydroxylation is 1. The normalized spacial score (nSPS) is 19.9. The van der Waals surface area contributed by atoms with Gasteiger partial charge in [-0.05, 0) is 53.2 Å². The standard InChI is InChI=1S/C28H42N8O4/c1-18(2)16-35(26(37)25-29-20-11-7-8-12-21(20)34(25)13-9-10-14-40-6)22-15-19(24-30-32-33-31-24)17-36(27(38)39)23(22)28(3,4)5/h7-8,11-12,18-19,22-23H,9-10,13-17H2,1-6H3,(H,38,39)(H,30,31,32,33)/t19-,22+,23?/m1/s1. The Balaban J connectivity index is 1.80. The Hall–Kier alpha value is -3.54. The molecule has 3 heterocycles. The molecule has 0 radical (unpaired) electrons. The molecule has 0 aliphatic carbocycles. The Labute approximate surface area is 235 Å². The number of tetrazole rings is 1. The first-order valence-corrected chi connectivity index (χ1v) is 14.0. The number of ether oxygens (including phenoxy) is 1. The molecule has 2 amide bonds. The predicted octanol–water partition coefficient (Wildman–Crippen LogP) is 4.03. The second-order valence-corrected chi connectivity index (χ2v) is 12.2. The summed E-state index contributed by atoms with van der Waals surface area (Å²) in [7, 11) is 1.68. The van der Waals surface area contributed by atoms with E-state index in [0.29, 0.717) is 37.8 Å². The average Bonchev–Trinajstić information content (AvgIpc) is 3.57. The van der Waals surface area contributed by atoms with Crippen LogP contribution in [-0.2, 0) is 11.3 Å². The zero-order valence-corrected chi connectivity index (χ0v) is 24.4. The molecule has 2 N–H and O–H groups in total. The Morgan fingerprint density at radius 2 is 1.98 bits per heavy atom. The van der Waals surface area contributed by atoms with Gasteiger partial charge in [0.1, 0.15) is 0 Å². The van der Waals surface area contributed by atoms with Crippen LogP contribution in [-0.4, -0.2) is 96.0 Å². The van der Waals surface area contributed by atoms with E-state index in [4.69, 9.17) is 9.72 Å². The molecule has 0 bridgehead atoms.